The van der Waals surface area contributed by atoms with E-state index in [1.165, 1.54) is 0 Å². The largest absolute Gasteiger partial charge is 0.388 e. The van der Waals surface area contributed by atoms with Crippen molar-refractivity contribution < 1.29 is 27.5 Å². The minimum Gasteiger partial charge on any atom is -0.388 e. The van der Waals surface area contributed by atoms with Crippen molar-refractivity contribution in [2.45, 2.75) is 51.4 Å². The lowest BCUT2D eigenvalue weighted by molar-refractivity contribution is -0.424. The average Bonchev–Trinajstić information content (AvgIpc) is 2.23. The summed E-state index contributed by atoms with van der Waals surface area (Å²) in [6, 6.07) is 0. The first-order valence-electron chi connectivity index (χ1n) is 6.01. The predicted octanol–water partition coefficient (Wildman–Crippen LogP) is 0.849. The van der Waals surface area contributed by atoms with Crippen LogP contribution in [0.2, 0.25) is 0 Å². The molecule has 0 bridgehead atoms. The van der Waals surface area contributed by atoms with Gasteiger partial charge in [0.15, 0.2) is 0 Å². The van der Waals surface area contributed by atoms with E-state index in [0.717, 1.165) is 19.1 Å². The normalized spacial score (nSPS) is 30.1. The molecule has 1 saturated heterocycles. The van der Waals surface area contributed by atoms with Crippen molar-refractivity contribution >= 4 is 10.1 Å². The van der Waals surface area contributed by atoms with Gasteiger partial charge in [-0.15, -0.1) is 0 Å². The molecule has 0 spiro atoms. The Kier molecular flexibility index (Phi) is 5.13. The maximum atomic E-state index is 10.9. The Bertz CT molecular complexity index is 364. The number of rotatable bonds is 5. The first-order valence-corrected chi connectivity index (χ1v) is 7.83. The van der Waals surface area contributed by atoms with Crippen LogP contribution in [0.15, 0.2) is 0 Å². The van der Waals surface area contributed by atoms with Crippen LogP contribution in [-0.4, -0.2) is 44.2 Å². The van der Waals surface area contributed by atoms with E-state index in [1.807, 2.05) is 20.8 Å². The quantitative estimate of drug-likeness (QED) is 0.594. The molecule has 1 rings (SSSR count). The van der Waals surface area contributed by atoms with Crippen LogP contribution in [0, 0.1) is 5.92 Å². The van der Waals surface area contributed by atoms with Gasteiger partial charge in [-0.1, -0.05) is 13.3 Å². The van der Waals surface area contributed by atoms with E-state index < -0.39 is 27.9 Å². The van der Waals surface area contributed by atoms with Gasteiger partial charge in [0.2, 0.25) is 0 Å². The lowest BCUT2D eigenvalue weighted by Gasteiger charge is -2.40. The second kappa shape index (κ2) is 5.83. The molecule has 0 saturated carbocycles. The molecule has 0 amide bonds. The molecular weight excluding hydrogens is 260 g/mol. The van der Waals surface area contributed by atoms with E-state index in [1.54, 1.807) is 0 Å². The molecule has 3 atom stereocenters. The molecule has 0 aromatic heterocycles. The third-order valence-corrected chi connectivity index (χ3v) is 3.52. The number of aliphatic hydroxyl groups is 1. The molecule has 0 radical (unpaired) electrons. The summed E-state index contributed by atoms with van der Waals surface area (Å²) in [7, 11) is -3.56. The topological polar surface area (TPSA) is 82.1 Å². The molecule has 7 heteroatoms. The van der Waals surface area contributed by atoms with Gasteiger partial charge in [-0.05, 0) is 26.2 Å². The predicted molar refractivity (Wildman–Crippen MR) is 65.2 cm³/mol. The summed E-state index contributed by atoms with van der Waals surface area (Å²) in [4.78, 5) is 10.4. The Morgan fingerprint density at radius 1 is 1.50 bits per heavy atom. The Morgan fingerprint density at radius 3 is 2.61 bits per heavy atom. The summed E-state index contributed by atoms with van der Waals surface area (Å²) in [5, 5.41) is 9.91. The van der Waals surface area contributed by atoms with Gasteiger partial charge in [0.05, 0.1) is 18.5 Å². The maximum Gasteiger partial charge on any atom is 0.264 e. The molecule has 1 unspecified atom stereocenters. The highest BCUT2D eigenvalue weighted by Crippen LogP contribution is 2.34. The van der Waals surface area contributed by atoms with Gasteiger partial charge in [-0.2, -0.15) is 8.42 Å². The van der Waals surface area contributed by atoms with Gasteiger partial charge in [0.25, 0.3) is 10.1 Å². The molecule has 6 nitrogen and oxygen atoms in total. The molecule has 0 aromatic rings. The Labute approximate surface area is 108 Å². The Balaban J connectivity index is 2.59. The molecule has 1 fully saturated rings. The molecule has 18 heavy (non-hydrogen) atoms. The summed E-state index contributed by atoms with van der Waals surface area (Å²) in [6.07, 6.45) is 0.904. The zero-order chi connectivity index (χ0) is 14.0. The van der Waals surface area contributed by atoms with Crippen molar-refractivity contribution in [1.82, 2.24) is 0 Å². The fraction of sp³-hybridized carbons (Fsp3) is 1.00. The summed E-state index contributed by atoms with van der Waals surface area (Å²) < 4.78 is 26.3. The van der Waals surface area contributed by atoms with E-state index in [2.05, 4.69) is 4.18 Å². The Morgan fingerprint density at radius 2 is 2.11 bits per heavy atom. The van der Waals surface area contributed by atoms with Gasteiger partial charge in [-0.25, -0.2) is 9.78 Å². The SMILES string of the molecule is CC[C@@H]1CC(C)(C)OO[C@@H]1C(O)COS(C)(=O)=O. The van der Waals surface area contributed by atoms with E-state index in [0.29, 0.717) is 0 Å². The van der Waals surface area contributed by atoms with Crippen molar-refractivity contribution in [1.29, 1.82) is 0 Å². The summed E-state index contributed by atoms with van der Waals surface area (Å²) in [5.41, 5.74) is -0.394. The minimum atomic E-state index is -3.56. The van der Waals surface area contributed by atoms with Crippen LogP contribution < -0.4 is 0 Å². The van der Waals surface area contributed by atoms with Crippen LogP contribution in [0.3, 0.4) is 0 Å². The van der Waals surface area contributed by atoms with Gasteiger partial charge >= 0.3 is 0 Å². The van der Waals surface area contributed by atoms with Gasteiger partial charge in [0, 0.05) is 0 Å². The van der Waals surface area contributed by atoms with Crippen LogP contribution in [0.5, 0.6) is 0 Å². The molecule has 0 aliphatic carbocycles. The van der Waals surface area contributed by atoms with E-state index in [9.17, 15) is 13.5 Å². The number of hydrogen-bond donors (Lipinski definition) is 1. The van der Waals surface area contributed by atoms with Crippen molar-refractivity contribution in [3.63, 3.8) is 0 Å². The molecule has 1 N–H and O–H groups in total. The molecule has 1 heterocycles. The highest BCUT2D eigenvalue weighted by molar-refractivity contribution is 7.85. The lowest BCUT2D eigenvalue weighted by atomic mass is 9.84. The smallest absolute Gasteiger partial charge is 0.264 e. The third kappa shape index (κ3) is 4.81. The zero-order valence-electron chi connectivity index (χ0n) is 11.3. The van der Waals surface area contributed by atoms with Crippen molar-refractivity contribution in [3.8, 4) is 0 Å². The molecular formula is C11H22O6S. The van der Waals surface area contributed by atoms with Gasteiger partial charge < -0.3 is 5.11 Å². The number of hydrogen-bond acceptors (Lipinski definition) is 6. The van der Waals surface area contributed by atoms with Crippen LogP contribution in [0.1, 0.15) is 33.6 Å². The monoisotopic (exact) mass is 282 g/mol. The highest BCUT2D eigenvalue weighted by Gasteiger charge is 2.40. The van der Waals surface area contributed by atoms with Crippen molar-refractivity contribution in [2.75, 3.05) is 12.9 Å². The van der Waals surface area contributed by atoms with Crippen LogP contribution in [0.25, 0.3) is 0 Å². The highest BCUT2D eigenvalue weighted by atomic mass is 32.2. The molecule has 1 aliphatic rings. The van der Waals surface area contributed by atoms with Gasteiger partial charge in [0.1, 0.15) is 12.2 Å². The van der Waals surface area contributed by atoms with Crippen LogP contribution >= 0.6 is 0 Å². The second-order valence-electron chi connectivity index (χ2n) is 5.33. The number of aliphatic hydroxyl groups excluding tert-OH is 1. The van der Waals surface area contributed by atoms with Crippen molar-refractivity contribution in [3.05, 3.63) is 0 Å². The fourth-order valence-electron chi connectivity index (χ4n) is 2.09. The first kappa shape index (κ1) is 15.8. The van der Waals surface area contributed by atoms with Gasteiger partial charge in [-0.3, -0.25) is 4.18 Å². The average molecular weight is 282 g/mol. The van der Waals surface area contributed by atoms with E-state index in [4.69, 9.17) is 9.78 Å². The Hall–Kier alpha value is -0.210. The first-order chi connectivity index (χ1) is 8.14. The third-order valence-electron chi connectivity index (χ3n) is 2.96. The van der Waals surface area contributed by atoms with E-state index >= 15 is 0 Å². The molecule has 1 aliphatic heterocycles. The van der Waals surface area contributed by atoms with E-state index in [-0.39, 0.29) is 12.5 Å². The van der Waals surface area contributed by atoms with Crippen LogP contribution in [0.4, 0.5) is 0 Å². The minimum absolute atomic E-state index is 0.104. The fourth-order valence-corrected chi connectivity index (χ4v) is 2.48. The lowest BCUT2D eigenvalue weighted by Crippen LogP contribution is -2.48. The zero-order valence-corrected chi connectivity index (χ0v) is 12.1. The summed E-state index contributed by atoms with van der Waals surface area (Å²) in [6.45, 7) is 5.49. The molecule has 108 valence electrons. The standard InChI is InChI=1S/C11H22O6S/c1-5-8-6-11(2,3)17-16-10(8)9(12)7-15-18(4,13)14/h8-10,12H,5-7H2,1-4H3/t8-,9?,10+/m1/s1. The molecule has 0 aromatic carbocycles. The second-order valence-corrected chi connectivity index (χ2v) is 6.98. The van der Waals surface area contributed by atoms with Crippen molar-refractivity contribution in [2.24, 2.45) is 5.92 Å². The summed E-state index contributed by atoms with van der Waals surface area (Å²) >= 11 is 0. The maximum absolute atomic E-state index is 10.9. The summed E-state index contributed by atoms with van der Waals surface area (Å²) in [5.74, 6) is 0.104. The van der Waals surface area contributed by atoms with Crippen LogP contribution in [-0.2, 0) is 24.1 Å².